The van der Waals surface area contributed by atoms with Gasteiger partial charge in [0.05, 0.1) is 18.9 Å². The lowest BCUT2D eigenvalue weighted by Gasteiger charge is -2.23. The number of Topliss-reactive ketones (excluding diaryl/α,β-unsaturated/α-hetero) is 2. The van der Waals surface area contributed by atoms with Crippen LogP contribution in [0.2, 0.25) is 0 Å². The Balaban J connectivity index is 1.50. The number of carbonyl (C=O) groups is 2. The lowest BCUT2D eigenvalue weighted by Crippen LogP contribution is -2.30. The minimum Gasteiger partial charge on any atom is -0.486 e. The van der Waals surface area contributed by atoms with E-state index < -0.39 is 12.2 Å². The van der Waals surface area contributed by atoms with Crippen LogP contribution in [0.15, 0.2) is 53.0 Å². The fourth-order valence-corrected chi connectivity index (χ4v) is 4.30. The largest absolute Gasteiger partial charge is 0.486 e. The van der Waals surface area contributed by atoms with E-state index in [1.54, 1.807) is 36.4 Å². The quantitative estimate of drug-likeness (QED) is 0.532. The molecule has 7 heteroatoms. The fraction of sp³-hybridized carbons (Fsp3) is 0.261. The SMILES string of the molecule is O=C1c2ccccc2C(=O)C1c1ccc2c(Br)ccc(OCC3OCCCO3)c2n1. The van der Waals surface area contributed by atoms with Gasteiger partial charge in [0.2, 0.25) is 0 Å². The van der Waals surface area contributed by atoms with Crippen LogP contribution in [0.1, 0.15) is 38.7 Å². The number of pyridine rings is 1. The molecule has 3 aromatic rings. The van der Waals surface area contributed by atoms with Crippen molar-refractivity contribution in [3.8, 4) is 5.75 Å². The molecule has 1 aliphatic carbocycles. The van der Waals surface area contributed by atoms with Crippen LogP contribution in [0.4, 0.5) is 0 Å². The van der Waals surface area contributed by atoms with Gasteiger partial charge in [-0.2, -0.15) is 0 Å². The second kappa shape index (κ2) is 7.91. The fourth-order valence-electron chi connectivity index (χ4n) is 3.85. The third-order valence-electron chi connectivity index (χ3n) is 5.34. The van der Waals surface area contributed by atoms with E-state index in [0.717, 1.165) is 16.3 Å². The second-order valence-electron chi connectivity index (χ2n) is 7.22. The lowest BCUT2D eigenvalue weighted by molar-refractivity contribution is -0.190. The van der Waals surface area contributed by atoms with Gasteiger partial charge in [-0.1, -0.05) is 40.2 Å². The van der Waals surface area contributed by atoms with E-state index in [4.69, 9.17) is 14.2 Å². The van der Waals surface area contributed by atoms with Gasteiger partial charge in [0.25, 0.3) is 0 Å². The molecular weight excluding hydrogens is 450 g/mol. The minimum atomic E-state index is -0.927. The summed E-state index contributed by atoms with van der Waals surface area (Å²) >= 11 is 3.54. The molecule has 6 nitrogen and oxygen atoms in total. The number of halogens is 1. The van der Waals surface area contributed by atoms with Crippen molar-refractivity contribution in [1.82, 2.24) is 4.98 Å². The van der Waals surface area contributed by atoms with Gasteiger partial charge in [0, 0.05) is 21.0 Å². The molecule has 30 heavy (non-hydrogen) atoms. The van der Waals surface area contributed by atoms with Gasteiger partial charge < -0.3 is 14.2 Å². The number of benzene rings is 2. The Hall–Kier alpha value is -2.61. The first-order chi connectivity index (χ1) is 14.6. The number of hydrogen-bond acceptors (Lipinski definition) is 6. The van der Waals surface area contributed by atoms with Gasteiger partial charge >= 0.3 is 0 Å². The Kier molecular flexibility index (Phi) is 5.10. The molecule has 2 aromatic carbocycles. The van der Waals surface area contributed by atoms with Crippen molar-refractivity contribution in [2.24, 2.45) is 0 Å². The third-order valence-corrected chi connectivity index (χ3v) is 6.03. The highest BCUT2D eigenvalue weighted by Crippen LogP contribution is 2.36. The van der Waals surface area contributed by atoms with Crippen LogP contribution < -0.4 is 4.74 Å². The number of hydrogen-bond donors (Lipinski definition) is 0. The third kappa shape index (κ3) is 3.33. The van der Waals surface area contributed by atoms with Crippen molar-refractivity contribution >= 4 is 38.4 Å². The van der Waals surface area contributed by atoms with Crippen molar-refractivity contribution in [3.63, 3.8) is 0 Å². The van der Waals surface area contributed by atoms with E-state index in [9.17, 15) is 9.59 Å². The van der Waals surface area contributed by atoms with Crippen molar-refractivity contribution in [2.75, 3.05) is 19.8 Å². The van der Waals surface area contributed by atoms with Crippen LogP contribution >= 0.6 is 15.9 Å². The molecule has 2 heterocycles. The molecule has 0 amide bonds. The maximum Gasteiger partial charge on any atom is 0.191 e. The summed E-state index contributed by atoms with van der Waals surface area (Å²) in [5.41, 5.74) is 1.90. The molecule has 0 bridgehead atoms. The molecule has 0 saturated carbocycles. The highest BCUT2D eigenvalue weighted by Gasteiger charge is 2.40. The van der Waals surface area contributed by atoms with Crippen molar-refractivity contribution in [3.05, 3.63) is 69.8 Å². The standard InChI is InChI=1S/C23H18BrNO5/c24-16-7-9-18(30-12-19-28-10-3-11-29-19)21-15(16)6-8-17(25-21)20-22(26)13-4-1-2-5-14(13)23(20)27/h1-2,4-9,19-20H,3,10-12H2. The van der Waals surface area contributed by atoms with Gasteiger partial charge in [-0.05, 0) is 30.7 Å². The summed E-state index contributed by atoms with van der Waals surface area (Å²) in [6.07, 6.45) is 0.446. The molecule has 5 rings (SSSR count). The lowest BCUT2D eigenvalue weighted by atomic mass is 9.98. The van der Waals surface area contributed by atoms with Crippen LogP contribution in [0, 0.1) is 0 Å². The average Bonchev–Trinajstić information content (AvgIpc) is 3.04. The molecule has 0 radical (unpaired) electrons. The number of carbonyl (C=O) groups excluding carboxylic acids is 2. The van der Waals surface area contributed by atoms with Crippen LogP contribution in [0.3, 0.4) is 0 Å². The average molecular weight is 468 g/mol. The Morgan fingerprint density at radius 1 is 0.967 bits per heavy atom. The van der Waals surface area contributed by atoms with Crippen molar-refractivity contribution in [2.45, 2.75) is 18.6 Å². The number of aromatic nitrogens is 1. The van der Waals surface area contributed by atoms with Crippen molar-refractivity contribution in [1.29, 1.82) is 0 Å². The predicted molar refractivity (Wildman–Crippen MR) is 113 cm³/mol. The molecule has 0 spiro atoms. The summed E-state index contributed by atoms with van der Waals surface area (Å²) in [4.78, 5) is 30.5. The summed E-state index contributed by atoms with van der Waals surface area (Å²) in [7, 11) is 0. The molecule has 1 fully saturated rings. The van der Waals surface area contributed by atoms with Crippen LogP contribution in [-0.2, 0) is 9.47 Å². The highest BCUT2D eigenvalue weighted by atomic mass is 79.9. The number of fused-ring (bicyclic) bond motifs is 2. The summed E-state index contributed by atoms with van der Waals surface area (Å²) in [6, 6.07) is 14.2. The number of ether oxygens (including phenoxy) is 3. The van der Waals surface area contributed by atoms with Gasteiger partial charge in [0.1, 0.15) is 23.8 Å². The molecule has 1 aromatic heterocycles. The van der Waals surface area contributed by atoms with Crippen LogP contribution in [-0.4, -0.2) is 42.7 Å². The summed E-state index contributed by atoms with van der Waals surface area (Å²) in [5, 5.41) is 0.831. The van der Waals surface area contributed by atoms with Crippen molar-refractivity contribution < 1.29 is 23.8 Å². The smallest absolute Gasteiger partial charge is 0.191 e. The normalized spacial score (nSPS) is 17.5. The number of ketones is 2. The first-order valence-corrected chi connectivity index (χ1v) is 10.6. The molecule has 0 atom stereocenters. The second-order valence-corrected chi connectivity index (χ2v) is 8.07. The van der Waals surface area contributed by atoms with E-state index in [0.29, 0.717) is 41.3 Å². The molecule has 2 aliphatic rings. The van der Waals surface area contributed by atoms with Crippen LogP contribution in [0.25, 0.3) is 10.9 Å². The molecule has 152 valence electrons. The molecule has 1 saturated heterocycles. The minimum absolute atomic E-state index is 0.219. The Morgan fingerprint density at radius 3 is 2.37 bits per heavy atom. The Bertz CT molecular complexity index is 1120. The zero-order chi connectivity index (χ0) is 20.7. The summed E-state index contributed by atoms with van der Waals surface area (Å²) < 4.78 is 17.9. The molecule has 1 aliphatic heterocycles. The molecular formula is C23H18BrNO5. The monoisotopic (exact) mass is 467 g/mol. The summed E-state index contributed by atoms with van der Waals surface area (Å²) in [5.74, 6) is -0.820. The first kappa shape index (κ1) is 19.4. The van der Waals surface area contributed by atoms with E-state index in [2.05, 4.69) is 20.9 Å². The predicted octanol–water partition coefficient (Wildman–Crippen LogP) is 4.30. The highest BCUT2D eigenvalue weighted by molar-refractivity contribution is 9.10. The van der Waals surface area contributed by atoms with E-state index in [-0.39, 0.29) is 18.2 Å². The Labute approximate surface area is 181 Å². The molecule has 0 N–H and O–H groups in total. The maximum atomic E-state index is 12.9. The maximum absolute atomic E-state index is 12.9. The number of nitrogens with zero attached hydrogens (tertiary/aromatic N) is 1. The van der Waals surface area contributed by atoms with Gasteiger partial charge in [-0.15, -0.1) is 0 Å². The number of rotatable bonds is 4. The van der Waals surface area contributed by atoms with E-state index >= 15 is 0 Å². The van der Waals surface area contributed by atoms with E-state index in [1.807, 2.05) is 12.1 Å². The zero-order valence-corrected chi connectivity index (χ0v) is 17.6. The first-order valence-electron chi connectivity index (χ1n) is 9.76. The van der Waals surface area contributed by atoms with Gasteiger partial charge in [-0.3, -0.25) is 9.59 Å². The van der Waals surface area contributed by atoms with Gasteiger partial charge in [0.15, 0.2) is 17.9 Å². The van der Waals surface area contributed by atoms with Gasteiger partial charge in [-0.25, -0.2) is 4.98 Å². The summed E-state index contributed by atoms with van der Waals surface area (Å²) in [6.45, 7) is 1.52. The van der Waals surface area contributed by atoms with Crippen LogP contribution in [0.5, 0.6) is 5.75 Å². The zero-order valence-electron chi connectivity index (χ0n) is 16.0. The Morgan fingerprint density at radius 2 is 1.67 bits per heavy atom. The topological polar surface area (TPSA) is 74.7 Å². The molecule has 0 unspecified atom stereocenters. The van der Waals surface area contributed by atoms with E-state index in [1.165, 1.54) is 0 Å².